The van der Waals surface area contributed by atoms with Crippen molar-refractivity contribution in [3.05, 3.63) is 33.8 Å². The van der Waals surface area contributed by atoms with E-state index in [1.165, 1.54) is 6.07 Å². The lowest BCUT2D eigenvalue weighted by Gasteiger charge is -2.01. The van der Waals surface area contributed by atoms with E-state index >= 15 is 0 Å². The minimum Gasteiger partial charge on any atom is -0.506 e. The van der Waals surface area contributed by atoms with Crippen LogP contribution in [0.1, 0.15) is 12.0 Å². The predicted molar refractivity (Wildman–Crippen MR) is 65.6 cm³/mol. The zero-order valence-corrected chi connectivity index (χ0v) is 10.4. The van der Waals surface area contributed by atoms with Crippen LogP contribution in [0.15, 0.2) is 18.2 Å². The number of phenolic OH excluding ortho intramolecular Hbond substituents is 1. The number of rotatable bonds is 3. The fourth-order valence-corrected chi connectivity index (χ4v) is 1.61. The van der Waals surface area contributed by atoms with Gasteiger partial charge in [0, 0.05) is 11.4 Å². The van der Waals surface area contributed by atoms with E-state index in [0.29, 0.717) is 10.0 Å². The Morgan fingerprint density at radius 2 is 2.00 bits per heavy atom. The third-order valence-electron chi connectivity index (χ3n) is 1.64. The van der Waals surface area contributed by atoms with Crippen LogP contribution in [0.3, 0.4) is 0 Å². The maximum atomic E-state index is 9.25. The maximum Gasteiger partial charge on any atom is 0.135 e. The standard InChI is InChI=1S/C10H9BrCl2O/c11-4-2-1-3-7-5-9(13)10(14)6-8(7)12/h1,3,5-6,14H,2,4H2. The van der Waals surface area contributed by atoms with Gasteiger partial charge in [-0.05, 0) is 18.1 Å². The first-order valence-electron chi connectivity index (χ1n) is 4.05. The van der Waals surface area contributed by atoms with Crippen molar-refractivity contribution in [2.75, 3.05) is 5.33 Å². The van der Waals surface area contributed by atoms with Gasteiger partial charge in [0.2, 0.25) is 0 Å². The molecule has 0 saturated heterocycles. The van der Waals surface area contributed by atoms with Gasteiger partial charge in [-0.25, -0.2) is 0 Å². The quantitative estimate of drug-likeness (QED) is 0.814. The van der Waals surface area contributed by atoms with Gasteiger partial charge >= 0.3 is 0 Å². The lowest BCUT2D eigenvalue weighted by atomic mass is 10.2. The molecule has 1 nitrogen and oxygen atoms in total. The smallest absolute Gasteiger partial charge is 0.135 e. The Kier molecular flexibility index (Phi) is 4.79. The van der Waals surface area contributed by atoms with E-state index in [9.17, 15) is 5.11 Å². The molecule has 0 spiro atoms. The third-order valence-corrected chi connectivity index (χ3v) is 2.73. The average molecular weight is 296 g/mol. The normalized spacial score (nSPS) is 11.1. The van der Waals surface area contributed by atoms with Crippen molar-refractivity contribution < 1.29 is 5.11 Å². The van der Waals surface area contributed by atoms with Gasteiger partial charge in [-0.3, -0.25) is 0 Å². The maximum absolute atomic E-state index is 9.25. The van der Waals surface area contributed by atoms with Crippen molar-refractivity contribution in [1.82, 2.24) is 0 Å². The van der Waals surface area contributed by atoms with Crippen LogP contribution in [0.25, 0.3) is 6.08 Å². The van der Waals surface area contributed by atoms with Gasteiger partial charge in [0.15, 0.2) is 0 Å². The second-order valence-electron chi connectivity index (χ2n) is 2.71. The number of phenols is 1. The molecule has 0 unspecified atom stereocenters. The Labute approximate surface area is 101 Å². The minimum absolute atomic E-state index is 0.00862. The third kappa shape index (κ3) is 3.19. The fourth-order valence-electron chi connectivity index (χ4n) is 0.953. The second-order valence-corrected chi connectivity index (χ2v) is 4.31. The van der Waals surface area contributed by atoms with Gasteiger partial charge < -0.3 is 5.11 Å². The highest BCUT2D eigenvalue weighted by molar-refractivity contribution is 9.09. The molecule has 0 atom stereocenters. The number of alkyl halides is 1. The van der Waals surface area contributed by atoms with E-state index in [-0.39, 0.29) is 5.75 Å². The Bertz CT molecular complexity index is 350. The molecule has 76 valence electrons. The van der Waals surface area contributed by atoms with E-state index in [1.807, 2.05) is 12.2 Å². The number of allylic oxidation sites excluding steroid dienone is 1. The summed E-state index contributed by atoms with van der Waals surface area (Å²) in [6, 6.07) is 3.08. The molecule has 1 aromatic carbocycles. The zero-order valence-electron chi connectivity index (χ0n) is 7.30. The van der Waals surface area contributed by atoms with Crippen LogP contribution in [-0.4, -0.2) is 10.4 Å². The van der Waals surface area contributed by atoms with Crippen molar-refractivity contribution in [3.8, 4) is 5.75 Å². The fraction of sp³-hybridized carbons (Fsp3) is 0.200. The molecule has 14 heavy (non-hydrogen) atoms. The lowest BCUT2D eigenvalue weighted by molar-refractivity contribution is 0.475. The Morgan fingerprint density at radius 3 is 2.64 bits per heavy atom. The van der Waals surface area contributed by atoms with E-state index in [4.69, 9.17) is 23.2 Å². The van der Waals surface area contributed by atoms with Crippen LogP contribution < -0.4 is 0 Å². The molecular weight excluding hydrogens is 287 g/mol. The molecule has 0 aromatic heterocycles. The Balaban J connectivity index is 2.92. The highest BCUT2D eigenvalue weighted by Crippen LogP contribution is 2.30. The molecule has 1 rings (SSSR count). The summed E-state index contributed by atoms with van der Waals surface area (Å²) in [4.78, 5) is 0. The molecule has 0 aliphatic carbocycles. The highest BCUT2D eigenvalue weighted by atomic mass is 79.9. The monoisotopic (exact) mass is 294 g/mol. The van der Waals surface area contributed by atoms with E-state index in [0.717, 1.165) is 17.3 Å². The van der Waals surface area contributed by atoms with Gasteiger partial charge in [-0.2, -0.15) is 0 Å². The Morgan fingerprint density at radius 1 is 1.29 bits per heavy atom. The number of halogens is 3. The van der Waals surface area contributed by atoms with Crippen molar-refractivity contribution in [2.24, 2.45) is 0 Å². The molecule has 4 heteroatoms. The topological polar surface area (TPSA) is 20.2 Å². The van der Waals surface area contributed by atoms with Gasteiger partial charge in [0.05, 0.1) is 10.0 Å². The van der Waals surface area contributed by atoms with Gasteiger partial charge in [-0.1, -0.05) is 51.3 Å². The van der Waals surface area contributed by atoms with Crippen molar-refractivity contribution >= 4 is 45.2 Å². The summed E-state index contributed by atoms with van der Waals surface area (Å²) < 4.78 is 0. The molecule has 0 aliphatic rings. The van der Waals surface area contributed by atoms with Crippen molar-refractivity contribution in [2.45, 2.75) is 6.42 Å². The summed E-state index contributed by atoms with van der Waals surface area (Å²) in [6.45, 7) is 0. The van der Waals surface area contributed by atoms with Crippen LogP contribution in [0.2, 0.25) is 10.0 Å². The van der Waals surface area contributed by atoms with E-state index in [2.05, 4.69) is 15.9 Å². The summed E-state index contributed by atoms with van der Waals surface area (Å²) in [5, 5.41) is 11.0. The number of hydrogen-bond acceptors (Lipinski definition) is 1. The summed E-state index contributed by atoms with van der Waals surface area (Å²) in [7, 11) is 0. The summed E-state index contributed by atoms with van der Waals surface area (Å²) in [5.41, 5.74) is 0.815. The molecule has 1 aromatic rings. The summed E-state index contributed by atoms with van der Waals surface area (Å²) in [5.74, 6) is 0.00862. The van der Waals surface area contributed by atoms with Crippen LogP contribution in [0, 0.1) is 0 Å². The van der Waals surface area contributed by atoms with Crippen molar-refractivity contribution in [3.63, 3.8) is 0 Å². The molecule has 1 N–H and O–H groups in total. The van der Waals surface area contributed by atoms with Gasteiger partial charge in [0.25, 0.3) is 0 Å². The zero-order chi connectivity index (χ0) is 10.6. The van der Waals surface area contributed by atoms with Crippen LogP contribution in [0.4, 0.5) is 0 Å². The lowest BCUT2D eigenvalue weighted by Crippen LogP contribution is -1.77. The van der Waals surface area contributed by atoms with Crippen LogP contribution in [-0.2, 0) is 0 Å². The highest BCUT2D eigenvalue weighted by Gasteiger charge is 2.03. The molecule has 0 heterocycles. The predicted octanol–water partition coefficient (Wildman–Crippen LogP) is 4.50. The largest absolute Gasteiger partial charge is 0.506 e. The second kappa shape index (κ2) is 5.64. The summed E-state index contributed by atoms with van der Waals surface area (Å²) in [6.07, 6.45) is 4.80. The van der Waals surface area contributed by atoms with Gasteiger partial charge in [-0.15, -0.1) is 0 Å². The number of benzene rings is 1. The molecular formula is C10H9BrCl2O. The van der Waals surface area contributed by atoms with Gasteiger partial charge in [0.1, 0.15) is 5.75 Å². The SMILES string of the molecule is Oc1cc(Cl)c(C=CCCBr)cc1Cl. The molecule has 0 bridgehead atoms. The average Bonchev–Trinajstić information content (AvgIpc) is 2.14. The van der Waals surface area contributed by atoms with E-state index in [1.54, 1.807) is 6.07 Å². The van der Waals surface area contributed by atoms with Crippen LogP contribution in [0.5, 0.6) is 5.75 Å². The van der Waals surface area contributed by atoms with Crippen LogP contribution >= 0.6 is 39.1 Å². The van der Waals surface area contributed by atoms with E-state index < -0.39 is 0 Å². The molecule has 0 fully saturated rings. The summed E-state index contributed by atoms with van der Waals surface area (Å²) >= 11 is 15.0. The first kappa shape index (κ1) is 11.9. The minimum atomic E-state index is 0.00862. The number of hydrogen-bond donors (Lipinski definition) is 1. The number of aromatic hydroxyl groups is 1. The Hall–Kier alpha value is -0.180. The molecule has 0 amide bonds. The first-order valence-corrected chi connectivity index (χ1v) is 5.93. The van der Waals surface area contributed by atoms with Crippen molar-refractivity contribution in [1.29, 1.82) is 0 Å². The first-order chi connectivity index (χ1) is 6.65. The molecule has 0 aliphatic heterocycles. The molecule has 0 saturated carbocycles. The molecule has 0 radical (unpaired) electrons.